The second-order valence-corrected chi connectivity index (χ2v) is 15.2. The van der Waals surface area contributed by atoms with Gasteiger partial charge in [0.25, 0.3) is 0 Å². The normalized spacial score (nSPS) is 21.6. The molecule has 0 saturated carbocycles. The van der Waals surface area contributed by atoms with Crippen LogP contribution < -0.4 is 0 Å². The van der Waals surface area contributed by atoms with Crippen LogP contribution >= 0.6 is 0 Å². The molecule has 0 spiro atoms. The minimum absolute atomic E-state index is 0.0379. The summed E-state index contributed by atoms with van der Waals surface area (Å²) >= 11 is 0. The quantitative estimate of drug-likeness (QED) is 0.519. The molecule has 1 fully saturated rings. The van der Waals surface area contributed by atoms with E-state index < -0.39 is 24.4 Å². The number of benzene rings is 1. The van der Waals surface area contributed by atoms with E-state index in [1.165, 1.54) is 0 Å². The average Bonchev–Trinajstić information content (AvgIpc) is 2.50. The summed E-state index contributed by atoms with van der Waals surface area (Å²) in [6.45, 7) is 12.9. The summed E-state index contributed by atoms with van der Waals surface area (Å²) < 4.78 is 33.0. The van der Waals surface area contributed by atoms with E-state index in [1.807, 2.05) is 13.0 Å². The lowest BCUT2D eigenvalue weighted by Crippen LogP contribution is -2.65. The lowest BCUT2D eigenvalue weighted by atomic mass is 9.89. The molecule has 0 N–H and O–H groups in total. The van der Waals surface area contributed by atoms with E-state index in [9.17, 15) is 13.2 Å². The zero-order valence-corrected chi connectivity index (χ0v) is 18.5. The maximum atomic E-state index is 12.8. The monoisotopic (exact) mass is 397 g/mol. The van der Waals surface area contributed by atoms with Crippen LogP contribution in [-0.2, 0) is 25.0 Å². The average molecular weight is 398 g/mol. The first-order chi connectivity index (χ1) is 11.9. The number of sulfonamides is 1. The first kappa shape index (κ1) is 21.1. The second-order valence-electron chi connectivity index (χ2n) is 8.53. The van der Waals surface area contributed by atoms with Crippen molar-refractivity contribution in [3.63, 3.8) is 0 Å². The molecule has 0 aromatic heterocycles. The van der Waals surface area contributed by atoms with Crippen LogP contribution in [-0.4, -0.2) is 39.6 Å². The SMILES string of the molecule is CCC1C(=O)N(S(=O)(=O)Cc2ccccc2)[C@@H]1CO[Si](C)(C)C(C)(C)C. The topological polar surface area (TPSA) is 63.7 Å². The maximum absolute atomic E-state index is 12.8. The second kappa shape index (κ2) is 7.44. The number of nitrogens with zero attached hydrogens (tertiary/aromatic N) is 1. The zero-order chi connectivity index (χ0) is 19.8. The largest absolute Gasteiger partial charge is 0.415 e. The number of rotatable bonds is 7. The minimum atomic E-state index is -3.70. The molecule has 1 aromatic rings. The molecule has 0 aliphatic carbocycles. The van der Waals surface area contributed by atoms with Crippen molar-refractivity contribution in [1.29, 1.82) is 0 Å². The van der Waals surface area contributed by atoms with Crippen molar-refractivity contribution < 1.29 is 17.6 Å². The first-order valence-electron chi connectivity index (χ1n) is 9.14. The molecule has 26 heavy (non-hydrogen) atoms. The van der Waals surface area contributed by atoms with E-state index >= 15 is 0 Å². The molecule has 1 amide bonds. The third-order valence-corrected chi connectivity index (χ3v) is 11.9. The molecule has 2 atom stereocenters. The van der Waals surface area contributed by atoms with Gasteiger partial charge in [0, 0.05) is 0 Å². The van der Waals surface area contributed by atoms with E-state index in [0.29, 0.717) is 12.0 Å². The van der Waals surface area contributed by atoms with Crippen LogP contribution in [0.1, 0.15) is 39.7 Å². The van der Waals surface area contributed by atoms with Gasteiger partial charge in [0.2, 0.25) is 15.9 Å². The highest BCUT2D eigenvalue weighted by Crippen LogP contribution is 2.39. The Hall–Kier alpha value is -1.18. The molecule has 1 heterocycles. The van der Waals surface area contributed by atoms with Gasteiger partial charge in [-0.05, 0) is 30.1 Å². The third kappa shape index (κ3) is 4.21. The summed E-state index contributed by atoms with van der Waals surface area (Å²) in [6, 6.07) is 8.58. The van der Waals surface area contributed by atoms with Crippen LogP contribution in [0.25, 0.3) is 0 Å². The summed E-state index contributed by atoms with van der Waals surface area (Å²) in [5.74, 6) is -0.732. The fraction of sp³-hybridized carbons (Fsp3) is 0.632. The predicted octanol–water partition coefficient (Wildman–Crippen LogP) is 3.78. The van der Waals surface area contributed by atoms with Gasteiger partial charge in [0.05, 0.1) is 24.3 Å². The van der Waals surface area contributed by atoms with Crippen molar-refractivity contribution in [2.24, 2.45) is 5.92 Å². The van der Waals surface area contributed by atoms with Crippen LogP contribution in [0.5, 0.6) is 0 Å². The Morgan fingerprint density at radius 1 is 1.15 bits per heavy atom. The number of carbonyl (C=O) groups is 1. The molecule has 1 aliphatic rings. The fourth-order valence-electron chi connectivity index (χ4n) is 2.91. The smallest absolute Gasteiger partial charge is 0.241 e. The van der Waals surface area contributed by atoms with Gasteiger partial charge in [0.15, 0.2) is 8.32 Å². The lowest BCUT2D eigenvalue weighted by molar-refractivity contribution is -0.148. The molecule has 0 radical (unpaired) electrons. The van der Waals surface area contributed by atoms with Gasteiger partial charge in [-0.1, -0.05) is 58.0 Å². The van der Waals surface area contributed by atoms with Crippen molar-refractivity contribution >= 4 is 24.2 Å². The van der Waals surface area contributed by atoms with Gasteiger partial charge in [-0.2, -0.15) is 0 Å². The van der Waals surface area contributed by atoms with Crippen molar-refractivity contribution in [2.75, 3.05) is 6.61 Å². The van der Waals surface area contributed by atoms with E-state index in [0.717, 1.165) is 4.31 Å². The Balaban J connectivity index is 2.17. The number of β-lactam (4-membered cyclic amide) rings is 1. The van der Waals surface area contributed by atoms with Gasteiger partial charge < -0.3 is 4.43 Å². The molecular weight excluding hydrogens is 366 g/mol. The van der Waals surface area contributed by atoms with Crippen LogP contribution in [0.2, 0.25) is 18.1 Å². The van der Waals surface area contributed by atoms with Gasteiger partial charge in [-0.25, -0.2) is 12.7 Å². The minimum Gasteiger partial charge on any atom is -0.415 e. The van der Waals surface area contributed by atoms with Crippen molar-refractivity contribution in [3.8, 4) is 0 Å². The van der Waals surface area contributed by atoms with E-state index in [1.54, 1.807) is 24.3 Å². The van der Waals surface area contributed by atoms with Crippen molar-refractivity contribution in [1.82, 2.24) is 4.31 Å². The fourth-order valence-corrected chi connectivity index (χ4v) is 5.71. The van der Waals surface area contributed by atoms with Crippen molar-refractivity contribution in [2.45, 2.75) is 64.0 Å². The summed E-state index contributed by atoms with van der Waals surface area (Å²) in [4.78, 5) is 12.5. The molecule has 1 unspecified atom stereocenters. The van der Waals surface area contributed by atoms with Gasteiger partial charge in [-0.3, -0.25) is 4.79 Å². The summed E-state index contributed by atoms with van der Waals surface area (Å²) in [7, 11) is -5.71. The Kier molecular flexibility index (Phi) is 6.05. The highest BCUT2D eigenvalue weighted by Gasteiger charge is 2.53. The predicted molar refractivity (Wildman–Crippen MR) is 107 cm³/mol. The van der Waals surface area contributed by atoms with E-state index in [-0.39, 0.29) is 29.2 Å². The lowest BCUT2D eigenvalue weighted by Gasteiger charge is -2.47. The summed E-state index contributed by atoms with van der Waals surface area (Å²) in [5.41, 5.74) is 0.685. The number of carbonyl (C=O) groups excluding carboxylic acids is 1. The Morgan fingerprint density at radius 3 is 2.23 bits per heavy atom. The number of hydrogen-bond acceptors (Lipinski definition) is 4. The molecule has 7 heteroatoms. The standard InChI is InChI=1S/C19H31NO4SSi/c1-7-16-17(13-24-26(5,6)19(2,3)4)20(18(16)21)25(22,23)14-15-11-9-8-10-12-15/h8-12,16-17H,7,13-14H2,1-6H3/t16?,17-/m1/s1. The molecule has 5 nitrogen and oxygen atoms in total. The third-order valence-electron chi connectivity index (χ3n) is 5.65. The molecule has 1 saturated heterocycles. The van der Waals surface area contributed by atoms with E-state index in [4.69, 9.17) is 4.43 Å². The Bertz CT molecular complexity index is 741. The summed E-state index contributed by atoms with van der Waals surface area (Å²) in [6.07, 6.45) is 0.627. The van der Waals surface area contributed by atoms with Crippen molar-refractivity contribution in [3.05, 3.63) is 35.9 Å². The molecule has 1 aromatic carbocycles. The Morgan fingerprint density at radius 2 is 1.73 bits per heavy atom. The van der Waals surface area contributed by atoms with Crippen LogP contribution in [0.3, 0.4) is 0 Å². The maximum Gasteiger partial charge on any atom is 0.241 e. The first-order valence-corrected chi connectivity index (χ1v) is 13.7. The molecule has 0 bridgehead atoms. The van der Waals surface area contributed by atoms with Gasteiger partial charge in [-0.15, -0.1) is 0 Å². The highest BCUT2D eigenvalue weighted by molar-refractivity contribution is 7.89. The van der Waals surface area contributed by atoms with Gasteiger partial charge >= 0.3 is 0 Å². The van der Waals surface area contributed by atoms with Crippen LogP contribution in [0, 0.1) is 5.92 Å². The molecule has 2 rings (SSSR count). The molecule has 1 aliphatic heterocycles. The summed E-state index contributed by atoms with van der Waals surface area (Å²) in [5, 5.41) is 0.0379. The number of amides is 1. The van der Waals surface area contributed by atoms with Gasteiger partial charge in [0.1, 0.15) is 0 Å². The van der Waals surface area contributed by atoms with Crippen LogP contribution in [0.4, 0.5) is 0 Å². The number of hydrogen-bond donors (Lipinski definition) is 0. The highest BCUT2D eigenvalue weighted by atomic mass is 32.2. The van der Waals surface area contributed by atoms with E-state index in [2.05, 4.69) is 33.9 Å². The van der Waals surface area contributed by atoms with Crippen LogP contribution in [0.15, 0.2) is 30.3 Å². The Labute approximate surface area is 158 Å². The molecular formula is C19H31NO4SSi. The zero-order valence-electron chi connectivity index (χ0n) is 16.7. The molecule has 146 valence electrons.